The lowest BCUT2D eigenvalue weighted by Crippen LogP contribution is -2.61. The molecule has 0 radical (unpaired) electrons. The molecule has 2 rings (SSSR count). The Hall–Kier alpha value is -0.610. The summed E-state index contributed by atoms with van der Waals surface area (Å²) in [6.45, 7) is 9.45. The number of hydrogen-bond donors (Lipinski definition) is 1. The van der Waals surface area contributed by atoms with Crippen molar-refractivity contribution >= 4 is 5.97 Å². The van der Waals surface area contributed by atoms with E-state index in [0.717, 1.165) is 32.5 Å². The molecule has 2 saturated carbocycles. The highest BCUT2D eigenvalue weighted by Crippen LogP contribution is 2.42. The minimum absolute atomic E-state index is 0.0310. The van der Waals surface area contributed by atoms with Crippen LogP contribution in [-0.4, -0.2) is 48.7 Å². The third-order valence-corrected chi connectivity index (χ3v) is 4.72. The van der Waals surface area contributed by atoms with Gasteiger partial charge in [0, 0.05) is 12.6 Å². The first kappa shape index (κ1) is 16.8. The average Bonchev–Trinajstić information content (AvgIpc) is 3.33. The molecule has 0 aliphatic heterocycles. The third-order valence-electron chi connectivity index (χ3n) is 4.72. The van der Waals surface area contributed by atoms with Gasteiger partial charge in [-0.1, -0.05) is 20.3 Å². The smallest absolute Gasteiger partial charge is 0.327 e. The molecule has 122 valence electrons. The predicted octanol–water partition coefficient (Wildman–Crippen LogP) is 2.57. The van der Waals surface area contributed by atoms with E-state index in [0.29, 0.717) is 18.6 Å². The van der Waals surface area contributed by atoms with Crippen molar-refractivity contribution in [3.8, 4) is 0 Å². The van der Waals surface area contributed by atoms with Gasteiger partial charge in [-0.05, 0) is 58.0 Å². The fourth-order valence-corrected chi connectivity index (χ4v) is 3.30. The Labute approximate surface area is 129 Å². The van der Waals surface area contributed by atoms with E-state index in [4.69, 9.17) is 4.74 Å². The summed E-state index contributed by atoms with van der Waals surface area (Å²) in [4.78, 5) is 15.2. The summed E-state index contributed by atoms with van der Waals surface area (Å²) in [6, 6.07) is 0.697. The summed E-state index contributed by atoms with van der Waals surface area (Å²) in [5, 5.41) is 3.52. The molecular weight excluding hydrogens is 264 g/mol. The molecule has 0 spiro atoms. The fourth-order valence-electron chi connectivity index (χ4n) is 3.30. The first-order chi connectivity index (χ1) is 10.2. The number of ether oxygens (including phenoxy) is 1. The van der Waals surface area contributed by atoms with Crippen molar-refractivity contribution < 1.29 is 9.53 Å². The molecule has 0 heterocycles. The summed E-state index contributed by atoms with van der Waals surface area (Å²) < 4.78 is 5.44. The van der Waals surface area contributed by atoms with Gasteiger partial charge in [-0.15, -0.1) is 0 Å². The molecule has 4 heteroatoms. The van der Waals surface area contributed by atoms with Gasteiger partial charge in [0.15, 0.2) is 0 Å². The van der Waals surface area contributed by atoms with E-state index < -0.39 is 5.54 Å². The zero-order chi connectivity index (χ0) is 15.3. The van der Waals surface area contributed by atoms with Gasteiger partial charge in [-0.3, -0.25) is 4.90 Å². The summed E-state index contributed by atoms with van der Waals surface area (Å²) in [7, 11) is 0. The number of nitrogens with zero attached hydrogens (tertiary/aromatic N) is 1. The molecule has 0 amide bonds. The highest BCUT2D eigenvalue weighted by molar-refractivity contribution is 5.82. The van der Waals surface area contributed by atoms with Crippen molar-refractivity contribution in [2.24, 2.45) is 5.92 Å². The molecule has 1 atom stereocenters. The van der Waals surface area contributed by atoms with Crippen LogP contribution in [0.3, 0.4) is 0 Å². The molecule has 21 heavy (non-hydrogen) atoms. The first-order valence-corrected chi connectivity index (χ1v) is 8.84. The Balaban J connectivity index is 2.10. The minimum Gasteiger partial charge on any atom is -0.465 e. The lowest BCUT2D eigenvalue weighted by molar-refractivity contribution is -0.153. The monoisotopic (exact) mass is 296 g/mol. The van der Waals surface area contributed by atoms with Gasteiger partial charge in [-0.2, -0.15) is 0 Å². The number of hydrogen-bond acceptors (Lipinski definition) is 4. The van der Waals surface area contributed by atoms with Gasteiger partial charge in [0.05, 0.1) is 6.61 Å². The highest BCUT2D eigenvalue weighted by atomic mass is 16.5. The SMILES string of the molecule is CCCCN(CC(NCC)(C(=O)OCC)C1CC1)C1CC1. The van der Waals surface area contributed by atoms with Gasteiger partial charge in [0.1, 0.15) is 5.54 Å². The molecule has 2 aliphatic rings. The number of unbranched alkanes of at least 4 members (excludes halogenated alkanes) is 1. The van der Waals surface area contributed by atoms with Crippen LogP contribution in [0.1, 0.15) is 59.3 Å². The molecule has 2 fully saturated rings. The van der Waals surface area contributed by atoms with E-state index in [1.165, 1.54) is 25.7 Å². The Bertz CT molecular complexity index is 340. The van der Waals surface area contributed by atoms with Crippen LogP contribution in [0.15, 0.2) is 0 Å². The highest BCUT2D eigenvalue weighted by Gasteiger charge is 2.53. The Morgan fingerprint density at radius 3 is 2.43 bits per heavy atom. The maximum atomic E-state index is 12.7. The fraction of sp³-hybridized carbons (Fsp3) is 0.941. The zero-order valence-corrected chi connectivity index (χ0v) is 14.0. The summed E-state index contributed by atoms with van der Waals surface area (Å²) >= 11 is 0. The van der Waals surface area contributed by atoms with Crippen LogP contribution in [0.2, 0.25) is 0 Å². The molecule has 0 aromatic carbocycles. The van der Waals surface area contributed by atoms with E-state index >= 15 is 0 Å². The lowest BCUT2D eigenvalue weighted by Gasteiger charge is -2.37. The van der Waals surface area contributed by atoms with Crippen LogP contribution >= 0.6 is 0 Å². The van der Waals surface area contributed by atoms with Crippen LogP contribution < -0.4 is 5.32 Å². The second-order valence-corrected chi connectivity index (χ2v) is 6.55. The summed E-state index contributed by atoms with van der Waals surface area (Å²) in [6.07, 6.45) is 7.31. The zero-order valence-electron chi connectivity index (χ0n) is 14.0. The molecular formula is C17H32N2O2. The maximum Gasteiger partial charge on any atom is 0.327 e. The molecule has 1 unspecified atom stereocenters. The molecule has 1 N–H and O–H groups in total. The molecule has 0 bridgehead atoms. The number of rotatable bonds is 11. The number of carbonyl (C=O) groups is 1. The lowest BCUT2D eigenvalue weighted by atomic mass is 9.91. The van der Waals surface area contributed by atoms with Crippen molar-refractivity contribution in [3.63, 3.8) is 0 Å². The van der Waals surface area contributed by atoms with E-state index in [1.54, 1.807) is 0 Å². The van der Waals surface area contributed by atoms with Crippen LogP contribution in [0, 0.1) is 5.92 Å². The van der Waals surface area contributed by atoms with Gasteiger partial charge in [-0.25, -0.2) is 4.79 Å². The number of esters is 1. The third kappa shape index (κ3) is 4.19. The molecule has 0 aromatic rings. The van der Waals surface area contributed by atoms with E-state index in [1.807, 2.05) is 6.92 Å². The van der Waals surface area contributed by atoms with E-state index in [9.17, 15) is 4.79 Å². The van der Waals surface area contributed by atoms with Crippen molar-refractivity contribution in [2.75, 3.05) is 26.2 Å². The van der Waals surface area contributed by atoms with Crippen molar-refractivity contribution in [3.05, 3.63) is 0 Å². The molecule has 0 aromatic heterocycles. The van der Waals surface area contributed by atoms with Gasteiger partial charge < -0.3 is 10.1 Å². The predicted molar refractivity (Wildman–Crippen MR) is 85.3 cm³/mol. The Morgan fingerprint density at radius 2 is 1.95 bits per heavy atom. The van der Waals surface area contributed by atoms with Crippen molar-refractivity contribution in [2.45, 2.75) is 70.9 Å². The first-order valence-electron chi connectivity index (χ1n) is 8.84. The molecule has 4 nitrogen and oxygen atoms in total. The van der Waals surface area contributed by atoms with Crippen LogP contribution in [-0.2, 0) is 9.53 Å². The van der Waals surface area contributed by atoms with E-state index in [-0.39, 0.29) is 5.97 Å². The van der Waals surface area contributed by atoms with Gasteiger partial charge >= 0.3 is 5.97 Å². The van der Waals surface area contributed by atoms with Crippen LogP contribution in [0.4, 0.5) is 0 Å². The second-order valence-electron chi connectivity index (χ2n) is 6.55. The molecule has 2 aliphatic carbocycles. The van der Waals surface area contributed by atoms with Gasteiger partial charge in [0.2, 0.25) is 0 Å². The Kier molecular flexibility index (Phi) is 6.06. The number of nitrogens with one attached hydrogen (secondary N) is 1. The Morgan fingerprint density at radius 1 is 1.24 bits per heavy atom. The van der Waals surface area contributed by atoms with E-state index in [2.05, 4.69) is 24.1 Å². The number of carbonyl (C=O) groups excluding carboxylic acids is 1. The normalized spacial score (nSPS) is 21.3. The molecule has 0 saturated heterocycles. The quantitative estimate of drug-likeness (QED) is 0.595. The van der Waals surface area contributed by atoms with Crippen LogP contribution in [0.25, 0.3) is 0 Å². The maximum absolute atomic E-state index is 12.7. The second kappa shape index (κ2) is 7.59. The van der Waals surface area contributed by atoms with Crippen LogP contribution in [0.5, 0.6) is 0 Å². The standard InChI is InChI=1S/C17H32N2O2/c1-4-7-12-19(15-10-11-15)13-17(18-5-2,14-8-9-14)16(20)21-6-3/h14-15,18H,4-13H2,1-3H3. The summed E-state index contributed by atoms with van der Waals surface area (Å²) in [5.41, 5.74) is -0.471. The minimum atomic E-state index is -0.471. The van der Waals surface area contributed by atoms with Gasteiger partial charge in [0.25, 0.3) is 0 Å². The summed E-state index contributed by atoms with van der Waals surface area (Å²) in [5.74, 6) is 0.427. The van der Waals surface area contributed by atoms with Crippen molar-refractivity contribution in [1.82, 2.24) is 10.2 Å². The largest absolute Gasteiger partial charge is 0.465 e. The topological polar surface area (TPSA) is 41.6 Å². The average molecular weight is 296 g/mol. The number of likely N-dealkylation sites (N-methyl/N-ethyl adjacent to an activating group) is 1. The van der Waals surface area contributed by atoms with Crippen molar-refractivity contribution in [1.29, 1.82) is 0 Å².